The van der Waals surface area contributed by atoms with Gasteiger partial charge in [-0.15, -0.1) is 0 Å². The predicted octanol–water partition coefficient (Wildman–Crippen LogP) is 0.322. The molecule has 0 saturated carbocycles. The molecule has 0 radical (unpaired) electrons. The molecule has 1 aliphatic heterocycles. The Bertz CT molecular complexity index is 482. The van der Waals surface area contributed by atoms with Gasteiger partial charge < -0.3 is 4.74 Å². The summed E-state index contributed by atoms with van der Waals surface area (Å²) < 4.78 is 6.79. The molecule has 0 fully saturated rings. The molecule has 0 aromatic carbocycles. The maximum Gasteiger partial charge on any atom is 0.410 e. The van der Waals surface area contributed by atoms with Crippen LogP contribution in [0.5, 0.6) is 0 Å². The van der Waals surface area contributed by atoms with Crippen LogP contribution in [0.25, 0.3) is 0 Å². The first-order valence-electron chi connectivity index (χ1n) is 5.49. The van der Waals surface area contributed by atoms with Gasteiger partial charge in [0.05, 0.1) is 6.54 Å². The number of amides is 1. The number of aromatic nitrogens is 3. The minimum atomic E-state index is -0.514. The molecule has 1 N–H and O–H groups in total. The van der Waals surface area contributed by atoms with Crippen LogP contribution in [0, 0.1) is 0 Å². The van der Waals surface area contributed by atoms with Crippen molar-refractivity contribution in [3.63, 3.8) is 0 Å². The standard InChI is InChI=1S/C10H16N4O3/c1-10(2,3)17-9(16)13-4-5-14-7(6-13)11-12-8(14)15/h4-6H2,1-3H3,(H,12,15). The fourth-order valence-corrected chi connectivity index (χ4v) is 1.65. The van der Waals surface area contributed by atoms with Gasteiger partial charge in [-0.25, -0.2) is 14.7 Å². The molecule has 94 valence electrons. The second-order valence-electron chi connectivity index (χ2n) is 5.00. The molecule has 7 nitrogen and oxygen atoms in total. The Balaban J connectivity index is 2.08. The lowest BCUT2D eigenvalue weighted by molar-refractivity contribution is 0.0194. The minimum absolute atomic E-state index is 0.233. The third-order valence-corrected chi connectivity index (χ3v) is 2.41. The van der Waals surface area contributed by atoms with Crippen molar-refractivity contribution in [3.8, 4) is 0 Å². The molecule has 2 heterocycles. The van der Waals surface area contributed by atoms with E-state index in [2.05, 4.69) is 10.2 Å². The summed E-state index contributed by atoms with van der Waals surface area (Å²) >= 11 is 0. The summed E-state index contributed by atoms with van der Waals surface area (Å²) in [5, 5.41) is 6.23. The summed E-state index contributed by atoms with van der Waals surface area (Å²) in [6.45, 7) is 6.66. The van der Waals surface area contributed by atoms with Crippen molar-refractivity contribution in [1.29, 1.82) is 0 Å². The minimum Gasteiger partial charge on any atom is -0.444 e. The third kappa shape index (κ3) is 2.48. The zero-order valence-electron chi connectivity index (χ0n) is 10.2. The highest BCUT2D eigenvalue weighted by Crippen LogP contribution is 2.13. The van der Waals surface area contributed by atoms with E-state index < -0.39 is 5.60 Å². The number of ether oxygens (including phenoxy) is 1. The van der Waals surface area contributed by atoms with Crippen molar-refractivity contribution in [2.24, 2.45) is 0 Å². The highest BCUT2D eigenvalue weighted by atomic mass is 16.6. The average Bonchev–Trinajstić information content (AvgIpc) is 2.57. The van der Waals surface area contributed by atoms with Crippen LogP contribution in [0.3, 0.4) is 0 Å². The van der Waals surface area contributed by atoms with Gasteiger partial charge in [0.2, 0.25) is 0 Å². The van der Waals surface area contributed by atoms with E-state index in [1.807, 2.05) is 20.8 Å². The Hall–Kier alpha value is -1.79. The van der Waals surface area contributed by atoms with Gasteiger partial charge in [-0.1, -0.05) is 0 Å². The summed E-state index contributed by atoms with van der Waals surface area (Å²) in [6, 6.07) is 0. The van der Waals surface area contributed by atoms with Crippen molar-refractivity contribution in [2.45, 2.75) is 39.5 Å². The van der Waals surface area contributed by atoms with E-state index in [-0.39, 0.29) is 11.8 Å². The van der Waals surface area contributed by atoms with Crippen molar-refractivity contribution in [1.82, 2.24) is 19.7 Å². The number of hydrogen-bond acceptors (Lipinski definition) is 4. The van der Waals surface area contributed by atoms with Crippen LogP contribution in [-0.4, -0.2) is 37.9 Å². The Kier molecular flexibility index (Phi) is 2.68. The van der Waals surface area contributed by atoms with Gasteiger partial charge in [-0.2, -0.15) is 5.10 Å². The fourth-order valence-electron chi connectivity index (χ4n) is 1.65. The van der Waals surface area contributed by atoms with Gasteiger partial charge in [0.1, 0.15) is 5.60 Å². The lowest BCUT2D eigenvalue weighted by Crippen LogP contribution is -2.43. The summed E-state index contributed by atoms with van der Waals surface area (Å²) in [5.74, 6) is 0.562. The first-order valence-corrected chi connectivity index (χ1v) is 5.49. The maximum absolute atomic E-state index is 11.8. The molecular weight excluding hydrogens is 224 g/mol. The van der Waals surface area contributed by atoms with Crippen molar-refractivity contribution >= 4 is 6.09 Å². The quantitative estimate of drug-likeness (QED) is 0.708. The molecule has 7 heteroatoms. The molecule has 0 aliphatic carbocycles. The molecule has 0 atom stereocenters. The van der Waals surface area contributed by atoms with Crippen molar-refractivity contribution < 1.29 is 9.53 Å². The van der Waals surface area contributed by atoms with Crippen LogP contribution in [0.2, 0.25) is 0 Å². The second-order valence-corrected chi connectivity index (χ2v) is 5.00. The van der Waals surface area contributed by atoms with Gasteiger partial charge in [0.25, 0.3) is 0 Å². The van der Waals surface area contributed by atoms with Gasteiger partial charge >= 0.3 is 11.8 Å². The summed E-state index contributed by atoms with van der Waals surface area (Å²) in [5.41, 5.74) is -0.747. The fraction of sp³-hybridized carbons (Fsp3) is 0.700. The SMILES string of the molecule is CC(C)(C)OC(=O)N1CCn2c(n[nH]c2=O)C1. The highest BCUT2D eigenvalue weighted by Gasteiger charge is 2.27. The number of carbonyl (C=O) groups excluding carboxylic acids is 1. The first-order chi connectivity index (χ1) is 7.87. The largest absolute Gasteiger partial charge is 0.444 e. The molecule has 0 bridgehead atoms. The summed E-state index contributed by atoms with van der Waals surface area (Å²) in [7, 11) is 0. The number of aromatic amines is 1. The topological polar surface area (TPSA) is 80.2 Å². The number of fused-ring (bicyclic) bond motifs is 1. The molecule has 1 amide bonds. The van der Waals surface area contributed by atoms with Gasteiger partial charge in [-0.3, -0.25) is 9.47 Å². The number of H-pyrrole nitrogens is 1. The Morgan fingerprint density at radius 1 is 1.41 bits per heavy atom. The van der Waals surface area contributed by atoms with E-state index in [1.165, 1.54) is 4.57 Å². The number of nitrogens with zero attached hydrogens (tertiary/aromatic N) is 3. The predicted molar refractivity (Wildman–Crippen MR) is 59.5 cm³/mol. The van der Waals surface area contributed by atoms with E-state index in [4.69, 9.17) is 4.74 Å². The summed E-state index contributed by atoms with van der Waals surface area (Å²) in [4.78, 5) is 24.6. The van der Waals surface area contributed by atoms with E-state index in [9.17, 15) is 9.59 Å². The monoisotopic (exact) mass is 240 g/mol. The molecule has 0 saturated heterocycles. The molecule has 0 spiro atoms. The molecule has 1 aromatic rings. The van der Waals surface area contributed by atoms with Crippen LogP contribution in [-0.2, 0) is 17.8 Å². The smallest absolute Gasteiger partial charge is 0.410 e. The van der Waals surface area contributed by atoms with Crippen LogP contribution in [0.15, 0.2) is 4.79 Å². The molecule has 1 aromatic heterocycles. The van der Waals surface area contributed by atoms with Crippen LogP contribution in [0.4, 0.5) is 4.79 Å². The number of nitrogens with one attached hydrogen (secondary N) is 1. The molecule has 1 aliphatic rings. The Labute approximate surface area is 98.4 Å². The average molecular weight is 240 g/mol. The lowest BCUT2D eigenvalue weighted by Gasteiger charge is -2.29. The molecule has 2 rings (SSSR count). The highest BCUT2D eigenvalue weighted by molar-refractivity contribution is 5.68. The molecule has 0 unspecified atom stereocenters. The van der Waals surface area contributed by atoms with Crippen LogP contribution < -0.4 is 5.69 Å². The number of rotatable bonds is 0. The van der Waals surface area contributed by atoms with Gasteiger partial charge in [0.15, 0.2) is 5.82 Å². The first kappa shape index (κ1) is 11.7. The van der Waals surface area contributed by atoms with Crippen molar-refractivity contribution in [2.75, 3.05) is 6.54 Å². The van der Waals surface area contributed by atoms with Crippen LogP contribution in [0.1, 0.15) is 26.6 Å². The lowest BCUT2D eigenvalue weighted by atomic mass is 10.2. The van der Waals surface area contributed by atoms with Crippen molar-refractivity contribution in [3.05, 3.63) is 16.3 Å². The summed E-state index contributed by atoms with van der Waals surface area (Å²) in [6.07, 6.45) is -0.376. The van der Waals surface area contributed by atoms with E-state index in [0.717, 1.165) is 0 Å². The third-order valence-electron chi connectivity index (χ3n) is 2.41. The molecule has 17 heavy (non-hydrogen) atoms. The number of hydrogen-bond donors (Lipinski definition) is 1. The Morgan fingerprint density at radius 3 is 2.76 bits per heavy atom. The van der Waals surface area contributed by atoms with E-state index in [0.29, 0.717) is 25.5 Å². The van der Waals surface area contributed by atoms with Gasteiger partial charge in [0, 0.05) is 13.1 Å². The zero-order chi connectivity index (χ0) is 12.6. The molecular formula is C10H16N4O3. The van der Waals surface area contributed by atoms with E-state index in [1.54, 1.807) is 4.90 Å². The Morgan fingerprint density at radius 2 is 2.12 bits per heavy atom. The number of carbonyl (C=O) groups is 1. The van der Waals surface area contributed by atoms with Gasteiger partial charge in [-0.05, 0) is 20.8 Å². The zero-order valence-corrected chi connectivity index (χ0v) is 10.2. The van der Waals surface area contributed by atoms with E-state index >= 15 is 0 Å². The maximum atomic E-state index is 11.8. The normalized spacial score (nSPS) is 15.6. The van der Waals surface area contributed by atoms with Crippen LogP contribution >= 0.6 is 0 Å². The second kappa shape index (κ2) is 3.90.